The molecule has 0 amide bonds. The highest BCUT2D eigenvalue weighted by atomic mass is 32.2. The molecule has 1 atom stereocenters. The molecule has 0 aromatic heterocycles. The van der Waals surface area contributed by atoms with Gasteiger partial charge in [-0.2, -0.15) is 30.6 Å². The molecule has 152 valence electrons. The van der Waals surface area contributed by atoms with Crippen LogP contribution >= 0.6 is 0 Å². The molecule has 0 aliphatic carbocycles. The first-order valence-corrected chi connectivity index (χ1v) is 8.83. The Morgan fingerprint density at radius 2 is 1.85 bits per heavy atom. The molecule has 1 saturated heterocycles. The maximum Gasteiger partial charge on any atom is 0.422 e. The van der Waals surface area contributed by atoms with Gasteiger partial charge in [0.05, 0.1) is 10.5 Å². The van der Waals surface area contributed by atoms with E-state index < -0.39 is 57.2 Å². The van der Waals surface area contributed by atoms with Crippen LogP contribution in [0.2, 0.25) is 0 Å². The highest BCUT2D eigenvalue weighted by Gasteiger charge is 2.44. The van der Waals surface area contributed by atoms with Gasteiger partial charge in [-0.15, -0.1) is 0 Å². The number of hydrogen-bond donors (Lipinski definition) is 1. The summed E-state index contributed by atoms with van der Waals surface area (Å²) in [7, 11) is -4.85. The zero-order valence-corrected chi connectivity index (χ0v) is 14.2. The van der Waals surface area contributed by atoms with Gasteiger partial charge in [-0.1, -0.05) is 0 Å². The molecule has 0 bridgehead atoms. The number of carbonyl (C=O) groups is 1. The van der Waals surface area contributed by atoms with Gasteiger partial charge in [0.25, 0.3) is 0 Å². The summed E-state index contributed by atoms with van der Waals surface area (Å²) in [5.41, 5.74) is -1.74. The first kappa shape index (κ1) is 21.3. The third-order valence-corrected chi connectivity index (χ3v) is 5.70. The van der Waals surface area contributed by atoms with Gasteiger partial charge in [-0.25, -0.2) is 8.42 Å². The van der Waals surface area contributed by atoms with E-state index in [4.69, 9.17) is 5.11 Å². The van der Waals surface area contributed by atoms with Crippen LogP contribution in [0.3, 0.4) is 0 Å². The van der Waals surface area contributed by atoms with E-state index in [1.807, 2.05) is 0 Å². The van der Waals surface area contributed by atoms with Gasteiger partial charge in [0, 0.05) is 6.54 Å². The third kappa shape index (κ3) is 4.83. The Morgan fingerprint density at radius 3 is 2.37 bits per heavy atom. The van der Waals surface area contributed by atoms with Crippen molar-refractivity contribution >= 4 is 16.0 Å². The van der Waals surface area contributed by atoms with E-state index in [-0.39, 0.29) is 25.5 Å². The topological polar surface area (TPSA) is 83.9 Å². The van der Waals surface area contributed by atoms with Crippen molar-refractivity contribution < 1.29 is 49.4 Å². The molecule has 1 aliphatic rings. The third-order valence-electron chi connectivity index (χ3n) is 3.73. The number of ether oxygens (including phenoxy) is 1. The molecule has 1 N–H and O–H groups in total. The zero-order valence-electron chi connectivity index (χ0n) is 13.3. The van der Waals surface area contributed by atoms with Crippen molar-refractivity contribution in [3.63, 3.8) is 0 Å². The Hall–Kier alpha value is -2.02. The molecule has 27 heavy (non-hydrogen) atoms. The van der Waals surface area contributed by atoms with Gasteiger partial charge in [-0.05, 0) is 31.0 Å². The number of carboxylic acids is 1. The SMILES string of the molecule is O=C(O)C1CCCN1S(=O)(=O)c1ccc(OCC(F)(F)F)cc1C(F)(F)F. The van der Waals surface area contributed by atoms with Gasteiger partial charge in [0.2, 0.25) is 10.0 Å². The Bertz CT molecular complexity index is 820. The lowest BCUT2D eigenvalue weighted by Crippen LogP contribution is -2.41. The average Bonchev–Trinajstić information content (AvgIpc) is 3.02. The van der Waals surface area contributed by atoms with Crippen LogP contribution in [0.25, 0.3) is 0 Å². The first-order chi connectivity index (χ1) is 12.2. The molecule has 1 fully saturated rings. The van der Waals surface area contributed by atoms with Crippen molar-refractivity contribution in [2.24, 2.45) is 0 Å². The highest BCUT2D eigenvalue weighted by molar-refractivity contribution is 7.89. The fourth-order valence-electron chi connectivity index (χ4n) is 2.61. The molecule has 0 saturated carbocycles. The van der Waals surface area contributed by atoms with E-state index >= 15 is 0 Å². The lowest BCUT2D eigenvalue weighted by atomic mass is 10.2. The second-order valence-corrected chi connectivity index (χ2v) is 7.53. The molecule has 1 unspecified atom stereocenters. The first-order valence-electron chi connectivity index (χ1n) is 7.39. The molecule has 1 aliphatic heterocycles. The van der Waals surface area contributed by atoms with E-state index in [2.05, 4.69) is 4.74 Å². The van der Waals surface area contributed by atoms with Crippen molar-refractivity contribution in [2.45, 2.75) is 36.1 Å². The van der Waals surface area contributed by atoms with Gasteiger partial charge in [-0.3, -0.25) is 4.79 Å². The van der Waals surface area contributed by atoms with Gasteiger partial charge in [0.1, 0.15) is 11.8 Å². The van der Waals surface area contributed by atoms with Crippen molar-refractivity contribution in [3.8, 4) is 5.75 Å². The second-order valence-electron chi connectivity index (χ2n) is 5.67. The smallest absolute Gasteiger partial charge is 0.422 e. The maximum absolute atomic E-state index is 13.3. The Balaban J connectivity index is 2.48. The fraction of sp³-hybridized carbons (Fsp3) is 0.500. The van der Waals surface area contributed by atoms with Gasteiger partial charge < -0.3 is 9.84 Å². The normalized spacial score (nSPS) is 19.3. The minimum absolute atomic E-state index is 0.0668. The standard InChI is InChI=1S/C14H13F6NO5S/c15-13(16,17)7-26-8-3-4-11(9(6-8)14(18,19)20)27(24,25)21-5-1-2-10(21)12(22)23/h3-4,6,10H,1-2,5,7H2,(H,22,23). The fourth-order valence-corrected chi connectivity index (χ4v) is 4.46. The molecule has 0 spiro atoms. The van der Waals surface area contributed by atoms with Crippen molar-refractivity contribution in [2.75, 3.05) is 13.2 Å². The Morgan fingerprint density at radius 1 is 1.22 bits per heavy atom. The number of alkyl halides is 6. The van der Waals surface area contributed by atoms with E-state index in [0.29, 0.717) is 16.4 Å². The average molecular weight is 421 g/mol. The second kappa shape index (κ2) is 7.19. The molecular formula is C14H13F6NO5S. The summed E-state index contributed by atoms with van der Waals surface area (Å²) in [6.45, 7) is -2.15. The van der Waals surface area contributed by atoms with Crippen LogP contribution in [0.4, 0.5) is 26.3 Å². The molecule has 0 radical (unpaired) electrons. The molecule has 1 aromatic rings. The van der Waals surface area contributed by atoms with Crippen molar-refractivity contribution in [1.82, 2.24) is 4.31 Å². The van der Waals surface area contributed by atoms with Crippen LogP contribution < -0.4 is 4.74 Å². The minimum atomic E-state index is -5.22. The number of aliphatic carboxylic acids is 1. The number of benzene rings is 1. The van der Waals surface area contributed by atoms with Gasteiger partial charge in [0.15, 0.2) is 6.61 Å². The van der Waals surface area contributed by atoms with Crippen molar-refractivity contribution in [3.05, 3.63) is 23.8 Å². The summed E-state index contributed by atoms with van der Waals surface area (Å²) in [5.74, 6) is -2.33. The maximum atomic E-state index is 13.3. The minimum Gasteiger partial charge on any atom is -0.484 e. The monoisotopic (exact) mass is 421 g/mol. The molecule has 1 aromatic carbocycles. The number of nitrogens with zero attached hydrogens (tertiary/aromatic N) is 1. The number of hydrogen-bond acceptors (Lipinski definition) is 4. The van der Waals surface area contributed by atoms with Crippen LogP contribution in [0, 0.1) is 0 Å². The summed E-state index contributed by atoms with van der Waals surface area (Å²) in [6.07, 6.45) is -9.95. The van der Waals surface area contributed by atoms with Gasteiger partial charge >= 0.3 is 18.3 Å². The lowest BCUT2D eigenvalue weighted by Gasteiger charge is -2.23. The van der Waals surface area contributed by atoms with E-state index in [0.717, 1.165) is 0 Å². The predicted octanol–water partition coefficient (Wildman–Crippen LogP) is 2.88. The molecule has 1 heterocycles. The van der Waals surface area contributed by atoms with Crippen LogP contribution in [-0.2, 0) is 21.0 Å². The number of halogens is 6. The Labute approximate surface area is 149 Å². The Kier molecular flexibility index (Phi) is 5.66. The molecule has 6 nitrogen and oxygen atoms in total. The quantitative estimate of drug-likeness (QED) is 0.740. The molecule has 2 rings (SSSR count). The largest absolute Gasteiger partial charge is 0.484 e. The van der Waals surface area contributed by atoms with Crippen LogP contribution in [0.5, 0.6) is 5.75 Å². The lowest BCUT2D eigenvalue weighted by molar-refractivity contribution is -0.153. The summed E-state index contributed by atoms with van der Waals surface area (Å²) in [6, 6.07) is -0.261. The molecule has 13 heteroatoms. The van der Waals surface area contributed by atoms with Crippen LogP contribution in [-0.4, -0.2) is 49.2 Å². The predicted molar refractivity (Wildman–Crippen MR) is 77.5 cm³/mol. The zero-order chi connectivity index (χ0) is 20.6. The van der Waals surface area contributed by atoms with E-state index in [9.17, 15) is 39.6 Å². The van der Waals surface area contributed by atoms with E-state index in [1.165, 1.54) is 0 Å². The summed E-state index contributed by atoms with van der Waals surface area (Å²) in [5, 5.41) is 9.06. The van der Waals surface area contributed by atoms with Crippen LogP contribution in [0.1, 0.15) is 18.4 Å². The number of rotatable bonds is 5. The summed E-state index contributed by atoms with van der Waals surface area (Å²) in [4.78, 5) is 9.90. The van der Waals surface area contributed by atoms with Crippen LogP contribution in [0.15, 0.2) is 23.1 Å². The summed E-state index contributed by atoms with van der Waals surface area (Å²) < 4.78 is 106. The molecular weight excluding hydrogens is 408 g/mol. The van der Waals surface area contributed by atoms with E-state index in [1.54, 1.807) is 0 Å². The number of sulfonamides is 1. The summed E-state index contributed by atoms with van der Waals surface area (Å²) >= 11 is 0. The number of carboxylic acid groups (broad SMARTS) is 1. The van der Waals surface area contributed by atoms with Crippen molar-refractivity contribution in [1.29, 1.82) is 0 Å². The highest BCUT2D eigenvalue weighted by Crippen LogP contribution is 2.39.